The van der Waals surface area contributed by atoms with E-state index in [2.05, 4.69) is 40.3 Å². The molecule has 0 spiro atoms. The van der Waals surface area contributed by atoms with Crippen LogP contribution in [-0.2, 0) is 12.8 Å². The molecule has 2 rings (SSSR count). The third-order valence-electron chi connectivity index (χ3n) is 3.28. The summed E-state index contributed by atoms with van der Waals surface area (Å²) in [6.45, 7) is 2.80. The van der Waals surface area contributed by atoms with Crippen LogP contribution in [0.2, 0.25) is 0 Å². The van der Waals surface area contributed by atoms with Crippen LogP contribution >= 0.6 is 15.9 Å². The molecule has 0 heterocycles. The fourth-order valence-corrected chi connectivity index (χ4v) is 2.53. The van der Waals surface area contributed by atoms with Crippen molar-refractivity contribution in [2.45, 2.75) is 25.8 Å². The van der Waals surface area contributed by atoms with E-state index in [9.17, 15) is 8.78 Å². The van der Waals surface area contributed by atoms with Gasteiger partial charge in [-0.15, -0.1) is 0 Å². The first-order chi connectivity index (χ1) is 10.0. The minimum atomic E-state index is -0.520. The van der Waals surface area contributed by atoms with E-state index in [-0.39, 0.29) is 0 Å². The lowest BCUT2D eigenvalue weighted by atomic mass is 10.1. The molecule has 0 aliphatic rings. The number of nitrogens with one attached hydrogen (secondary N) is 1. The number of benzene rings is 2. The van der Waals surface area contributed by atoms with Crippen molar-refractivity contribution in [3.63, 3.8) is 0 Å². The number of hydrogen-bond acceptors (Lipinski definition) is 1. The zero-order valence-corrected chi connectivity index (χ0v) is 13.5. The minimum Gasteiger partial charge on any atom is -0.314 e. The average molecular weight is 354 g/mol. The summed E-state index contributed by atoms with van der Waals surface area (Å²) in [5.41, 5.74) is 1.94. The molecule has 0 saturated carbocycles. The van der Waals surface area contributed by atoms with Gasteiger partial charge >= 0.3 is 0 Å². The molecule has 1 unspecified atom stereocenters. The summed E-state index contributed by atoms with van der Waals surface area (Å²) in [7, 11) is 0. The second-order valence-electron chi connectivity index (χ2n) is 5.21. The SMILES string of the molecule is CC(Cc1ccc(Br)cc1)NCCc1cc(F)cc(F)c1. The van der Waals surface area contributed by atoms with Crippen molar-refractivity contribution in [1.29, 1.82) is 0 Å². The summed E-state index contributed by atoms with van der Waals surface area (Å²) in [6.07, 6.45) is 1.53. The predicted octanol–water partition coefficient (Wildman–Crippen LogP) is 4.49. The monoisotopic (exact) mass is 353 g/mol. The van der Waals surface area contributed by atoms with Crippen LogP contribution in [0.25, 0.3) is 0 Å². The van der Waals surface area contributed by atoms with Crippen molar-refractivity contribution in [1.82, 2.24) is 5.32 Å². The van der Waals surface area contributed by atoms with E-state index in [0.717, 1.165) is 17.0 Å². The largest absolute Gasteiger partial charge is 0.314 e. The predicted molar refractivity (Wildman–Crippen MR) is 85.4 cm³/mol. The Hall–Kier alpha value is -1.26. The second kappa shape index (κ2) is 7.66. The van der Waals surface area contributed by atoms with Gasteiger partial charge < -0.3 is 5.32 Å². The van der Waals surface area contributed by atoms with Crippen molar-refractivity contribution >= 4 is 15.9 Å². The summed E-state index contributed by atoms with van der Waals surface area (Å²) in [4.78, 5) is 0. The first kappa shape index (κ1) is 16.1. The Bertz CT molecular complexity index is 564. The Labute approximate surface area is 132 Å². The number of rotatable bonds is 6. The molecule has 1 atom stereocenters. The molecule has 1 nitrogen and oxygen atoms in total. The van der Waals surface area contributed by atoms with Gasteiger partial charge in [0.2, 0.25) is 0 Å². The maximum atomic E-state index is 13.1. The average Bonchev–Trinajstić information content (AvgIpc) is 2.40. The van der Waals surface area contributed by atoms with Crippen LogP contribution < -0.4 is 5.32 Å². The van der Waals surface area contributed by atoms with E-state index in [0.29, 0.717) is 24.6 Å². The lowest BCUT2D eigenvalue weighted by Crippen LogP contribution is -2.30. The van der Waals surface area contributed by atoms with E-state index in [1.165, 1.54) is 17.7 Å². The van der Waals surface area contributed by atoms with Crippen molar-refractivity contribution in [2.75, 3.05) is 6.54 Å². The van der Waals surface area contributed by atoms with E-state index >= 15 is 0 Å². The van der Waals surface area contributed by atoms with Gasteiger partial charge in [-0.2, -0.15) is 0 Å². The van der Waals surface area contributed by atoms with Gasteiger partial charge in [-0.05, 0) is 61.7 Å². The lowest BCUT2D eigenvalue weighted by molar-refractivity contribution is 0.544. The molecule has 0 aromatic heterocycles. The van der Waals surface area contributed by atoms with Crippen molar-refractivity contribution in [2.24, 2.45) is 0 Å². The van der Waals surface area contributed by atoms with E-state index in [1.54, 1.807) is 0 Å². The molecule has 4 heteroatoms. The van der Waals surface area contributed by atoms with Crippen LogP contribution in [0.4, 0.5) is 8.78 Å². The summed E-state index contributed by atoms with van der Waals surface area (Å²) < 4.78 is 27.2. The van der Waals surface area contributed by atoms with Crippen LogP contribution in [-0.4, -0.2) is 12.6 Å². The maximum Gasteiger partial charge on any atom is 0.126 e. The highest BCUT2D eigenvalue weighted by molar-refractivity contribution is 9.10. The fourth-order valence-electron chi connectivity index (χ4n) is 2.26. The van der Waals surface area contributed by atoms with E-state index < -0.39 is 11.6 Å². The van der Waals surface area contributed by atoms with E-state index in [1.807, 2.05) is 12.1 Å². The number of halogens is 3. The molecule has 0 bridgehead atoms. The van der Waals surface area contributed by atoms with E-state index in [4.69, 9.17) is 0 Å². The Morgan fingerprint density at radius 2 is 1.62 bits per heavy atom. The van der Waals surface area contributed by atoms with Gasteiger partial charge in [0.25, 0.3) is 0 Å². The fraction of sp³-hybridized carbons (Fsp3) is 0.294. The van der Waals surface area contributed by atoms with Gasteiger partial charge in [0, 0.05) is 16.6 Å². The van der Waals surface area contributed by atoms with Gasteiger partial charge in [-0.3, -0.25) is 0 Å². The lowest BCUT2D eigenvalue weighted by Gasteiger charge is -2.14. The number of hydrogen-bond donors (Lipinski definition) is 1. The highest BCUT2D eigenvalue weighted by Gasteiger charge is 2.04. The van der Waals surface area contributed by atoms with Crippen molar-refractivity contribution < 1.29 is 8.78 Å². The van der Waals surface area contributed by atoms with Gasteiger partial charge in [0.05, 0.1) is 0 Å². The van der Waals surface area contributed by atoms with Crippen molar-refractivity contribution in [3.8, 4) is 0 Å². The molecule has 0 saturated heterocycles. The zero-order valence-electron chi connectivity index (χ0n) is 11.9. The summed E-state index contributed by atoms with van der Waals surface area (Å²) in [6, 6.07) is 12.2. The van der Waals surface area contributed by atoms with Crippen LogP contribution in [0, 0.1) is 11.6 Å². The maximum absolute atomic E-state index is 13.1. The molecular formula is C17H18BrF2N. The quantitative estimate of drug-likeness (QED) is 0.806. The summed E-state index contributed by atoms with van der Waals surface area (Å²) in [5.74, 6) is -1.04. The molecule has 112 valence electrons. The summed E-state index contributed by atoms with van der Waals surface area (Å²) >= 11 is 3.41. The summed E-state index contributed by atoms with van der Waals surface area (Å²) in [5, 5.41) is 3.38. The van der Waals surface area contributed by atoms with Gasteiger partial charge in [0.15, 0.2) is 0 Å². The van der Waals surface area contributed by atoms with Gasteiger partial charge in [-0.1, -0.05) is 28.1 Å². The molecule has 0 aliphatic carbocycles. The Morgan fingerprint density at radius 3 is 2.24 bits per heavy atom. The third-order valence-corrected chi connectivity index (χ3v) is 3.81. The smallest absolute Gasteiger partial charge is 0.126 e. The molecule has 1 N–H and O–H groups in total. The Balaban J connectivity index is 1.78. The van der Waals surface area contributed by atoms with Crippen LogP contribution in [0.1, 0.15) is 18.1 Å². The Morgan fingerprint density at radius 1 is 1.00 bits per heavy atom. The molecule has 2 aromatic rings. The van der Waals surface area contributed by atoms with Crippen LogP contribution in [0.5, 0.6) is 0 Å². The standard InChI is InChI=1S/C17H18BrF2N/c1-12(8-13-2-4-15(18)5-3-13)21-7-6-14-9-16(19)11-17(20)10-14/h2-5,9-12,21H,6-8H2,1H3. The zero-order chi connectivity index (χ0) is 15.2. The van der Waals surface area contributed by atoms with Crippen molar-refractivity contribution in [3.05, 3.63) is 69.7 Å². The topological polar surface area (TPSA) is 12.0 Å². The Kier molecular flexibility index (Phi) is 5.88. The molecule has 0 aliphatic heterocycles. The molecule has 0 fully saturated rings. The van der Waals surface area contributed by atoms with Crippen LogP contribution in [0.3, 0.4) is 0 Å². The molecule has 21 heavy (non-hydrogen) atoms. The highest BCUT2D eigenvalue weighted by Crippen LogP contribution is 2.12. The van der Waals surface area contributed by atoms with Gasteiger partial charge in [-0.25, -0.2) is 8.78 Å². The normalized spacial score (nSPS) is 12.4. The molecular weight excluding hydrogens is 336 g/mol. The second-order valence-corrected chi connectivity index (χ2v) is 6.13. The van der Waals surface area contributed by atoms with Gasteiger partial charge in [0.1, 0.15) is 11.6 Å². The first-order valence-electron chi connectivity index (χ1n) is 6.96. The molecule has 2 aromatic carbocycles. The minimum absolute atomic E-state index is 0.310. The van der Waals surface area contributed by atoms with Crippen LogP contribution in [0.15, 0.2) is 46.9 Å². The highest BCUT2D eigenvalue weighted by atomic mass is 79.9. The molecule has 0 radical (unpaired) electrons. The molecule has 0 amide bonds. The first-order valence-corrected chi connectivity index (χ1v) is 7.75. The third kappa shape index (κ3) is 5.56.